The molecule has 2 N–H and O–H groups in total. The van der Waals surface area contributed by atoms with Crippen molar-refractivity contribution < 1.29 is 0 Å². The Bertz CT molecular complexity index is 660. The predicted octanol–water partition coefficient (Wildman–Crippen LogP) is 2.27. The fourth-order valence-electron chi connectivity index (χ4n) is 2.75. The van der Waals surface area contributed by atoms with Gasteiger partial charge in [-0.25, -0.2) is 15.0 Å². The van der Waals surface area contributed by atoms with Gasteiger partial charge in [-0.1, -0.05) is 13.8 Å². The van der Waals surface area contributed by atoms with E-state index in [1.165, 1.54) is 4.88 Å². The highest BCUT2D eigenvalue weighted by molar-refractivity contribution is 7.15. The van der Waals surface area contributed by atoms with Crippen LogP contribution in [0.15, 0.2) is 12.3 Å². The molecule has 0 unspecified atom stereocenters. The number of thiazole rings is 1. The zero-order valence-electron chi connectivity index (χ0n) is 14.0. The van der Waals surface area contributed by atoms with Gasteiger partial charge in [-0.15, -0.1) is 11.3 Å². The highest BCUT2D eigenvalue weighted by Gasteiger charge is 2.20. The molecule has 3 heterocycles. The Morgan fingerprint density at radius 1 is 1.22 bits per heavy atom. The van der Waals surface area contributed by atoms with Gasteiger partial charge in [0.2, 0.25) is 0 Å². The van der Waals surface area contributed by atoms with E-state index >= 15 is 0 Å². The molecule has 1 aliphatic heterocycles. The quantitative estimate of drug-likeness (QED) is 0.926. The Kier molecular flexibility index (Phi) is 4.77. The molecule has 23 heavy (non-hydrogen) atoms. The summed E-state index contributed by atoms with van der Waals surface area (Å²) in [6, 6.07) is 2.09. The highest BCUT2D eigenvalue weighted by Crippen LogP contribution is 2.21. The van der Waals surface area contributed by atoms with E-state index in [0.29, 0.717) is 11.0 Å². The van der Waals surface area contributed by atoms with Crippen LogP contribution in [0.1, 0.15) is 36.2 Å². The van der Waals surface area contributed by atoms with Crippen molar-refractivity contribution in [2.45, 2.75) is 33.2 Å². The van der Waals surface area contributed by atoms with Gasteiger partial charge < -0.3 is 10.6 Å². The molecular formula is C16H24N6S. The number of hydrogen-bond donors (Lipinski definition) is 1. The van der Waals surface area contributed by atoms with Crippen LogP contribution in [-0.2, 0) is 6.54 Å². The van der Waals surface area contributed by atoms with Gasteiger partial charge in [-0.3, -0.25) is 4.90 Å². The van der Waals surface area contributed by atoms with E-state index in [2.05, 4.69) is 39.7 Å². The molecule has 7 heteroatoms. The topological polar surface area (TPSA) is 71.2 Å². The van der Waals surface area contributed by atoms with E-state index in [9.17, 15) is 0 Å². The van der Waals surface area contributed by atoms with Gasteiger partial charge in [0.1, 0.15) is 11.6 Å². The number of rotatable bonds is 4. The summed E-state index contributed by atoms with van der Waals surface area (Å²) < 4.78 is 0. The summed E-state index contributed by atoms with van der Waals surface area (Å²) in [7, 11) is 0. The van der Waals surface area contributed by atoms with E-state index in [1.807, 2.05) is 13.1 Å². The molecule has 1 aliphatic rings. The zero-order valence-corrected chi connectivity index (χ0v) is 14.8. The minimum atomic E-state index is 0.353. The zero-order chi connectivity index (χ0) is 16.4. The van der Waals surface area contributed by atoms with Crippen molar-refractivity contribution in [3.63, 3.8) is 0 Å². The second-order valence-corrected chi connectivity index (χ2v) is 7.46. The third kappa shape index (κ3) is 3.97. The first-order valence-electron chi connectivity index (χ1n) is 8.04. The Morgan fingerprint density at radius 3 is 2.57 bits per heavy atom. The fraction of sp³-hybridized carbons (Fsp3) is 0.562. The molecule has 0 aliphatic carbocycles. The van der Waals surface area contributed by atoms with Crippen LogP contribution in [0.3, 0.4) is 0 Å². The van der Waals surface area contributed by atoms with Gasteiger partial charge in [-0.05, 0) is 6.92 Å². The van der Waals surface area contributed by atoms with E-state index < -0.39 is 0 Å². The largest absolute Gasteiger partial charge is 0.375 e. The molecule has 3 rings (SSSR count). The van der Waals surface area contributed by atoms with Crippen molar-refractivity contribution in [2.75, 3.05) is 36.8 Å². The SMILES string of the molecule is Cc1cc(N2CCN(Cc3cnc(N)s3)CC2)nc(C(C)C)n1. The third-order valence-electron chi connectivity index (χ3n) is 4.02. The first kappa shape index (κ1) is 16.1. The minimum absolute atomic E-state index is 0.353. The van der Waals surface area contributed by atoms with Crippen LogP contribution < -0.4 is 10.6 Å². The predicted molar refractivity (Wildman–Crippen MR) is 94.9 cm³/mol. The number of aryl methyl sites for hydroxylation is 1. The van der Waals surface area contributed by atoms with Crippen LogP contribution >= 0.6 is 11.3 Å². The number of hydrogen-bond acceptors (Lipinski definition) is 7. The van der Waals surface area contributed by atoms with Gasteiger partial charge in [-0.2, -0.15) is 0 Å². The molecule has 0 bridgehead atoms. The average molecular weight is 332 g/mol. The van der Waals surface area contributed by atoms with Crippen molar-refractivity contribution in [1.29, 1.82) is 0 Å². The molecule has 1 saturated heterocycles. The first-order chi connectivity index (χ1) is 11.0. The van der Waals surface area contributed by atoms with Crippen LogP contribution in [0.25, 0.3) is 0 Å². The summed E-state index contributed by atoms with van der Waals surface area (Å²) in [4.78, 5) is 19.4. The fourth-order valence-corrected chi connectivity index (χ4v) is 3.47. The van der Waals surface area contributed by atoms with Crippen LogP contribution in [-0.4, -0.2) is 46.0 Å². The first-order valence-corrected chi connectivity index (χ1v) is 8.86. The van der Waals surface area contributed by atoms with Crippen molar-refractivity contribution in [3.05, 3.63) is 28.7 Å². The highest BCUT2D eigenvalue weighted by atomic mass is 32.1. The van der Waals surface area contributed by atoms with Crippen LogP contribution in [0.5, 0.6) is 0 Å². The van der Waals surface area contributed by atoms with E-state index in [-0.39, 0.29) is 0 Å². The van der Waals surface area contributed by atoms with Crippen molar-refractivity contribution in [2.24, 2.45) is 0 Å². The smallest absolute Gasteiger partial charge is 0.180 e. The molecule has 0 atom stereocenters. The molecule has 0 saturated carbocycles. The molecule has 124 valence electrons. The van der Waals surface area contributed by atoms with Gasteiger partial charge in [0.25, 0.3) is 0 Å². The second-order valence-electron chi connectivity index (χ2n) is 6.31. The van der Waals surface area contributed by atoms with Crippen LogP contribution in [0, 0.1) is 6.92 Å². The number of piperazine rings is 1. The molecule has 2 aromatic heterocycles. The van der Waals surface area contributed by atoms with Gasteiger partial charge in [0.05, 0.1) is 0 Å². The van der Waals surface area contributed by atoms with Crippen LogP contribution in [0.2, 0.25) is 0 Å². The van der Waals surface area contributed by atoms with Gasteiger partial charge >= 0.3 is 0 Å². The molecule has 0 radical (unpaired) electrons. The molecule has 0 amide bonds. The number of nitrogen functional groups attached to an aromatic ring is 1. The molecule has 2 aromatic rings. The minimum Gasteiger partial charge on any atom is -0.375 e. The lowest BCUT2D eigenvalue weighted by atomic mass is 10.2. The molecule has 1 fully saturated rings. The lowest BCUT2D eigenvalue weighted by Gasteiger charge is -2.35. The Balaban J connectivity index is 1.62. The summed E-state index contributed by atoms with van der Waals surface area (Å²) in [5.41, 5.74) is 6.74. The molecule has 6 nitrogen and oxygen atoms in total. The summed E-state index contributed by atoms with van der Waals surface area (Å²) in [5, 5.41) is 0.649. The van der Waals surface area contributed by atoms with Gasteiger partial charge in [0, 0.05) is 61.5 Å². The third-order valence-corrected chi connectivity index (χ3v) is 4.83. The number of nitrogens with zero attached hydrogens (tertiary/aromatic N) is 5. The molecular weight excluding hydrogens is 308 g/mol. The van der Waals surface area contributed by atoms with Crippen molar-refractivity contribution in [3.8, 4) is 0 Å². The van der Waals surface area contributed by atoms with Crippen molar-refractivity contribution >= 4 is 22.3 Å². The Hall–Kier alpha value is -1.73. The maximum Gasteiger partial charge on any atom is 0.180 e. The van der Waals surface area contributed by atoms with E-state index in [0.717, 1.165) is 50.1 Å². The lowest BCUT2D eigenvalue weighted by molar-refractivity contribution is 0.251. The second kappa shape index (κ2) is 6.80. The van der Waals surface area contributed by atoms with E-state index in [4.69, 9.17) is 10.7 Å². The van der Waals surface area contributed by atoms with Gasteiger partial charge in [0.15, 0.2) is 5.13 Å². The van der Waals surface area contributed by atoms with Crippen molar-refractivity contribution in [1.82, 2.24) is 19.9 Å². The number of aromatic nitrogens is 3. The number of anilines is 2. The van der Waals surface area contributed by atoms with E-state index in [1.54, 1.807) is 11.3 Å². The number of nitrogens with two attached hydrogens (primary N) is 1. The maximum absolute atomic E-state index is 5.70. The Labute approximate surface area is 141 Å². The maximum atomic E-state index is 5.70. The lowest BCUT2D eigenvalue weighted by Crippen LogP contribution is -2.46. The summed E-state index contributed by atoms with van der Waals surface area (Å²) in [6.07, 6.45) is 1.88. The Morgan fingerprint density at radius 2 is 1.96 bits per heavy atom. The monoisotopic (exact) mass is 332 g/mol. The summed E-state index contributed by atoms with van der Waals surface area (Å²) >= 11 is 1.58. The average Bonchev–Trinajstić information content (AvgIpc) is 2.92. The molecule has 0 aromatic carbocycles. The molecule has 0 spiro atoms. The summed E-state index contributed by atoms with van der Waals surface area (Å²) in [5.74, 6) is 2.34. The van der Waals surface area contributed by atoms with Crippen LogP contribution in [0.4, 0.5) is 10.9 Å². The normalized spacial score (nSPS) is 16.3. The standard InChI is InChI=1S/C16H24N6S/c1-11(2)15-19-12(3)8-14(20-15)22-6-4-21(5-7-22)10-13-9-18-16(17)23-13/h8-9,11H,4-7,10H2,1-3H3,(H2,17,18). The summed E-state index contributed by atoms with van der Waals surface area (Å²) in [6.45, 7) is 11.3.